The van der Waals surface area contributed by atoms with E-state index in [1.54, 1.807) is 0 Å². The summed E-state index contributed by atoms with van der Waals surface area (Å²) in [7, 11) is 0. The molecule has 0 aromatic carbocycles. The highest BCUT2D eigenvalue weighted by atomic mass is 32.2. The Hall–Kier alpha value is -2.29. The summed E-state index contributed by atoms with van der Waals surface area (Å²) in [6.07, 6.45) is 0.785. The van der Waals surface area contributed by atoms with E-state index < -0.39 is 29.2 Å². The van der Waals surface area contributed by atoms with Gasteiger partial charge < -0.3 is 14.9 Å². The van der Waals surface area contributed by atoms with Crippen LogP contribution in [-0.2, 0) is 23.9 Å². The quantitative estimate of drug-likeness (QED) is 0.416. The molecule has 0 aromatic heterocycles. The van der Waals surface area contributed by atoms with Gasteiger partial charge in [0.2, 0.25) is 0 Å². The molecule has 0 bridgehead atoms. The van der Waals surface area contributed by atoms with Crippen LogP contribution in [0.4, 0.5) is 0 Å². The van der Waals surface area contributed by atoms with Gasteiger partial charge in [0.15, 0.2) is 0 Å². The second-order valence-corrected chi connectivity index (χ2v) is 5.38. The summed E-state index contributed by atoms with van der Waals surface area (Å²) in [4.78, 5) is 45.7. The van der Waals surface area contributed by atoms with Crippen LogP contribution in [0.3, 0.4) is 0 Å². The topological polar surface area (TPSA) is 121 Å². The summed E-state index contributed by atoms with van der Waals surface area (Å²) in [5.41, 5.74) is 0.118. The van der Waals surface area contributed by atoms with Crippen LogP contribution in [0.5, 0.6) is 0 Å². The summed E-state index contributed by atoms with van der Waals surface area (Å²) in [5, 5.41) is 17.3. The molecule has 2 heterocycles. The highest BCUT2D eigenvalue weighted by molar-refractivity contribution is 8.00. The molecule has 21 heavy (non-hydrogen) atoms. The summed E-state index contributed by atoms with van der Waals surface area (Å²) in [6, 6.07) is 0. The van der Waals surface area contributed by atoms with E-state index in [2.05, 4.69) is 0 Å². The fourth-order valence-electron chi connectivity index (χ4n) is 2.04. The Morgan fingerprint density at radius 2 is 2.10 bits per heavy atom. The van der Waals surface area contributed by atoms with E-state index in [0.717, 1.165) is 11.0 Å². The number of aliphatic carboxylic acids is 2. The van der Waals surface area contributed by atoms with Crippen molar-refractivity contribution in [1.82, 2.24) is 4.90 Å². The van der Waals surface area contributed by atoms with Crippen molar-refractivity contribution in [2.45, 2.75) is 12.3 Å². The Labute approximate surface area is 123 Å². The first-order valence-corrected chi connectivity index (χ1v) is 6.86. The molecule has 2 N–H and O–H groups in total. The standard InChI is InChI=1S/C12H11NO7S/c1-5(14)20-3-6-4-21-11-7(2-8(15)16)10(17)13(11)9(6)12(18)19/h2,11H,3-4H2,1H3,(H,15,16)(H,18,19)/b7-2-/t11-/m1/s1. The molecule has 1 atom stereocenters. The second-order valence-electron chi connectivity index (χ2n) is 4.31. The van der Waals surface area contributed by atoms with Gasteiger partial charge in [0.1, 0.15) is 17.7 Å². The van der Waals surface area contributed by atoms with Crippen molar-refractivity contribution in [3.05, 3.63) is 22.9 Å². The lowest BCUT2D eigenvalue weighted by atomic mass is 10.0. The van der Waals surface area contributed by atoms with Gasteiger partial charge in [0.25, 0.3) is 5.91 Å². The number of β-lactam (4-membered cyclic amide) rings is 1. The van der Waals surface area contributed by atoms with Crippen LogP contribution < -0.4 is 0 Å². The maximum Gasteiger partial charge on any atom is 0.352 e. The Morgan fingerprint density at radius 3 is 2.62 bits per heavy atom. The molecule has 1 saturated heterocycles. The number of fused-ring (bicyclic) bond motifs is 1. The minimum absolute atomic E-state index is 0.0535. The number of amides is 1. The number of hydrogen-bond donors (Lipinski definition) is 2. The van der Waals surface area contributed by atoms with Crippen molar-refractivity contribution in [3.8, 4) is 0 Å². The molecule has 9 heteroatoms. The molecule has 0 aromatic rings. The van der Waals surface area contributed by atoms with Gasteiger partial charge in [-0.15, -0.1) is 11.8 Å². The number of carboxylic acid groups (broad SMARTS) is 2. The number of esters is 1. The lowest BCUT2D eigenvalue weighted by molar-refractivity contribution is -0.143. The Morgan fingerprint density at radius 1 is 1.43 bits per heavy atom. The molecule has 2 aliphatic heterocycles. The van der Waals surface area contributed by atoms with Gasteiger partial charge in [-0.3, -0.25) is 14.5 Å². The van der Waals surface area contributed by atoms with Crippen molar-refractivity contribution in [1.29, 1.82) is 0 Å². The van der Waals surface area contributed by atoms with Gasteiger partial charge in [-0.25, -0.2) is 9.59 Å². The molecular formula is C12H11NO7S. The minimum Gasteiger partial charge on any atom is -0.478 e. The van der Waals surface area contributed by atoms with Gasteiger partial charge in [-0.2, -0.15) is 0 Å². The third-order valence-electron chi connectivity index (χ3n) is 2.89. The number of hydrogen-bond acceptors (Lipinski definition) is 6. The fourth-order valence-corrected chi connectivity index (χ4v) is 3.32. The lowest BCUT2D eigenvalue weighted by Gasteiger charge is -2.45. The molecule has 8 nitrogen and oxygen atoms in total. The number of ether oxygens (including phenoxy) is 1. The molecule has 0 radical (unpaired) electrons. The van der Waals surface area contributed by atoms with Crippen LogP contribution in [0.15, 0.2) is 22.9 Å². The van der Waals surface area contributed by atoms with Crippen molar-refractivity contribution in [2.75, 3.05) is 12.4 Å². The number of thioether (sulfide) groups is 1. The van der Waals surface area contributed by atoms with E-state index >= 15 is 0 Å². The number of carboxylic acids is 2. The minimum atomic E-state index is -1.31. The van der Waals surface area contributed by atoms with Crippen molar-refractivity contribution in [2.24, 2.45) is 0 Å². The van der Waals surface area contributed by atoms with Crippen LogP contribution in [0.25, 0.3) is 0 Å². The van der Waals surface area contributed by atoms with E-state index in [4.69, 9.17) is 9.84 Å². The maximum atomic E-state index is 11.9. The summed E-state index contributed by atoms with van der Waals surface area (Å²) >= 11 is 1.21. The molecule has 0 aliphatic carbocycles. The normalized spacial score (nSPS) is 22.7. The summed E-state index contributed by atoms with van der Waals surface area (Å²) in [6.45, 7) is 0.987. The zero-order valence-corrected chi connectivity index (χ0v) is 11.7. The molecule has 1 fully saturated rings. The SMILES string of the molecule is CC(=O)OCC1=C(C(=O)O)N2C(=O)/C(=C/C(=O)O)[C@H]2SC1. The Kier molecular flexibility index (Phi) is 4.03. The molecule has 0 saturated carbocycles. The summed E-state index contributed by atoms with van der Waals surface area (Å²) in [5.74, 6) is -3.55. The number of rotatable bonds is 4. The van der Waals surface area contributed by atoms with Gasteiger partial charge in [0, 0.05) is 24.3 Å². The van der Waals surface area contributed by atoms with Gasteiger partial charge >= 0.3 is 17.9 Å². The molecule has 1 amide bonds. The number of carbonyl (C=O) groups excluding carboxylic acids is 2. The van der Waals surface area contributed by atoms with E-state index in [9.17, 15) is 24.3 Å². The van der Waals surface area contributed by atoms with E-state index in [1.165, 1.54) is 18.7 Å². The Balaban J connectivity index is 2.30. The number of nitrogens with zero attached hydrogens (tertiary/aromatic N) is 1. The van der Waals surface area contributed by atoms with Gasteiger partial charge in [-0.05, 0) is 0 Å². The number of carbonyl (C=O) groups is 4. The zero-order valence-electron chi connectivity index (χ0n) is 10.9. The van der Waals surface area contributed by atoms with Crippen LogP contribution in [0.2, 0.25) is 0 Å². The summed E-state index contributed by atoms with van der Waals surface area (Å²) < 4.78 is 4.78. The molecule has 0 spiro atoms. The highest BCUT2D eigenvalue weighted by Gasteiger charge is 2.50. The Bertz CT molecular complexity index is 607. The first-order chi connectivity index (χ1) is 9.82. The van der Waals surface area contributed by atoms with Crippen LogP contribution in [-0.4, -0.2) is 56.7 Å². The van der Waals surface area contributed by atoms with Gasteiger partial charge in [0.05, 0.1) is 5.57 Å². The van der Waals surface area contributed by atoms with E-state index in [-0.39, 0.29) is 23.6 Å². The highest BCUT2D eigenvalue weighted by Crippen LogP contribution is 2.43. The smallest absolute Gasteiger partial charge is 0.352 e. The fraction of sp³-hybridized carbons (Fsp3) is 0.333. The first kappa shape index (κ1) is 15.1. The molecule has 2 rings (SSSR count). The van der Waals surface area contributed by atoms with E-state index in [1.807, 2.05) is 0 Å². The molecule has 112 valence electrons. The second kappa shape index (κ2) is 5.60. The first-order valence-electron chi connectivity index (χ1n) is 5.81. The van der Waals surface area contributed by atoms with Crippen molar-refractivity contribution in [3.63, 3.8) is 0 Å². The third-order valence-corrected chi connectivity index (χ3v) is 4.18. The predicted octanol–water partition coefficient (Wildman–Crippen LogP) is -0.186. The maximum absolute atomic E-state index is 11.9. The largest absolute Gasteiger partial charge is 0.478 e. The van der Waals surface area contributed by atoms with Gasteiger partial charge in [-0.1, -0.05) is 0 Å². The third kappa shape index (κ3) is 2.77. The monoisotopic (exact) mass is 313 g/mol. The van der Waals surface area contributed by atoms with Crippen LogP contribution >= 0.6 is 11.8 Å². The van der Waals surface area contributed by atoms with Crippen LogP contribution in [0.1, 0.15) is 6.92 Å². The van der Waals surface area contributed by atoms with E-state index in [0.29, 0.717) is 5.57 Å². The average molecular weight is 313 g/mol. The van der Waals surface area contributed by atoms with Crippen LogP contribution in [0, 0.1) is 0 Å². The van der Waals surface area contributed by atoms with Crippen molar-refractivity contribution >= 4 is 35.6 Å². The molecular weight excluding hydrogens is 302 g/mol. The average Bonchev–Trinajstić information content (AvgIpc) is 2.40. The lowest BCUT2D eigenvalue weighted by Crippen LogP contribution is -2.56. The molecule has 0 unspecified atom stereocenters. The van der Waals surface area contributed by atoms with Crippen molar-refractivity contribution < 1.29 is 34.1 Å². The zero-order chi connectivity index (χ0) is 15.7. The predicted molar refractivity (Wildman–Crippen MR) is 70.1 cm³/mol. The molecule has 2 aliphatic rings.